The van der Waals surface area contributed by atoms with E-state index in [9.17, 15) is 0 Å². The van der Waals surface area contributed by atoms with E-state index in [1.165, 1.54) is 0 Å². The molecule has 0 bridgehead atoms. The lowest BCUT2D eigenvalue weighted by Crippen LogP contribution is -2.04. The summed E-state index contributed by atoms with van der Waals surface area (Å²) in [6.45, 7) is 1.84. The molecule has 0 saturated carbocycles. The molecule has 0 spiro atoms. The molecule has 0 aromatic carbocycles. The zero-order chi connectivity index (χ0) is 5.21. The van der Waals surface area contributed by atoms with E-state index in [0.717, 1.165) is 0 Å². The molecule has 6 heavy (non-hydrogen) atoms. The molecule has 38 valence electrons. The van der Waals surface area contributed by atoms with E-state index >= 15 is 0 Å². The van der Waals surface area contributed by atoms with Crippen LogP contribution in [-0.4, -0.2) is 4.39 Å². The quantitative estimate of drug-likeness (QED) is 0.499. The molecule has 0 rings (SSSR count). The van der Waals surface area contributed by atoms with Crippen molar-refractivity contribution in [2.24, 2.45) is 0 Å². The van der Waals surface area contributed by atoms with Gasteiger partial charge in [0.2, 0.25) is 4.39 Å². The second kappa shape index (κ2) is 2.30. The Labute approximate surface area is 52.4 Å². The molecule has 0 heterocycles. The first-order valence-corrected chi connectivity index (χ1v) is 3.08. The Morgan fingerprint density at radius 3 is 1.50 bits per heavy atom. The fraction of sp³-hybridized carbons (Fsp3) is 1.00. The smallest absolute Gasteiger partial charge is 0.242 e. The Morgan fingerprint density at radius 2 is 1.50 bits per heavy atom. The molecule has 0 aliphatic carbocycles. The van der Waals surface area contributed by atoms with Crippen molar-refractivity contribution in [2.45, 2.75) is 13.2 Å². The molecule has 4 heteroatoms. The van der Waals surface area contributed by atoms with Crippen LogP contribution in [0.1, 0.15) is 6.92 Å². The third-order valence-corrected chi connectivity index (χ3v) is 1.39. The van der Waals surface area contributed by atoms with Gasteiger partial charge in [0.1, 0.15) is 0 Å². The van der Waals surface area contributed by atoms with Crippen molar-refractivity contribution in [2.75, 3.05) is 0 Å². The van der Waals surface area contributed by atoms with E-state index < -0.39 is 4.39 Å². The highest BCUT2D eigenvalue weighted by Crippen LogP contribution is 2.23. The summed E-state index contributed by atoms with van der Waals surface area (Å²) in [6.07, 6.45) is 0.630. The van der Waals surface area contributed by atoms with Crippen LogP contribution in [0.3, 0.4) is 0 Å². The first kappa shape index (κ1) is 6.93. The SMILES string of the molecule is CC[B-](Cl)(Cl)Cl. The molecule has 0 saturated heterocycles. The number of halogens is 3. The first-order valence-electron chi connectivity index (χ1n) is 1.77. The maximum Gasteiger partial charge on any atom is 0.242 e. The van der Waals surface area contributed by atoms with E-state index in [0.29, 0.717) is 6.32 Å². The van der Waals surface area contributed by atoms with Crippen molar-refractivity contribution in [3.05, 3.63) is 0 Å². The fourth-order valence-corrected chi connectivity index (χ4v) is 0. The van der Waals surface area contributed by atoms with Crippen LogP contribution >= 0.6 is 34.4 Å². The average Bonchev–Trinajstić information content (AvgIpc) is 1.35. The van der Waals surface area contributed by atoms with Crippen LogP contribution in [0.2, 0.25) is 6.32 Å². The normalized spacial score (nSPS) is 12.0. The monoisotopic (exact) mass is 145 g/mol. The van der Waals surface area contributed by atoms with Gasteiger partial charge < -0.3 is 34.4 Å². The molecule has 0 nitrogen and oxygen atoms in total. The van der Waals surface area contributed by atoms with Crippen molar-refractivity contribution in [1.29, 1.82) is 0 Å². The summed E-state index contributed by atoms with van der Waals surface area (Å²) in [7, 11) is 0. The Bertz CT molecular complexity index is 38.5. The molecule has 0 aromatic rings. The number of rotatable bonds is 1. The van der Waals surface area contributed by atoms with Gasteiger partial charge in [-0.25, -0.2) is 0 Å². The molecule has 0 fully saturated rings. The van der Waals surface area contributed by atoms with Gasteiger partial charge >= 0.3 is 0 Å². The van der Waals surface area contributed by atoms with Gasteiger partial charge in [0, 0.05) is 0 Å². The Kier molecular flexibility index (Phi) is 2.65. The Balaban J connectivity index is 3.17. The minimum Gasteiger partial charge on any atom is -0.349 e. The number of hydrogen-bond donors (Lipinski definition) is 0. The highest BCUT2D eigenvalue weighted by atomic mass is 35.6. The van der Waals surface area contributed by atoms with Gasteiger partial charge in [-0.3, -0.25) is 0 Å². The molecular formula is C2H5BCl3-. The third kappa shape index (κ3) is 4.93. The zero-order valence-corrected chi connectivity index (χ0v) is 5.69. The largest absolute Gasteiger partial charge is 0.349 e. The lowest BCUT2D eigenvalue weighted by atomic mass is 10.0. The van der Waals surface area contributed by atoms with Crippen LogP contribution in [0.4, 0.5) is 0 Å². The molecule has 0 N–H and O–H groups in total. The zero-order valence-electron chi connectivity index (χ0n) is 3.42. The lowest BCUT2D eigenvalue weighted by molar-refractivity contribution is 1.46. The highest BCUT2D eigenvalue weighted by Gasteiger charge is 2.06. The van der Waals surface area contributed by atoms with E-state index in [1.54, 1.807) is 0 Å². The minimum atomic E-state index is -1.57. The van der Waals surface area contributed by atoms with Crippen molar-refractivity contribution in [3.8, 4) is 0 Å². The van der Waals surface area contributed by atoms with Crippen LogP contribution in [0.5, 0.6) is 0 Å². The van der Waals surface area contributed by atoms with Crippen LogP contribution in [-0.2, 0) is 0 Å². The van der Waals surface area contributed by atoms with Gasteiger partial charge in [0.05, 0.1) is 0 Å². The fourth-order valence-electron chi connectivity index (χ4n) is 0. The first-order chi connectivity index (χ1) is 2.56. The molecule has 0 atom stereocenters. The Morgan fingerprint density at radius 1 is 1.33 bits per heavy atom. The van der Waals surface area contributed by atoms with Crippen LogP contribution in [0.25, 0.3) is 0 Å². The molecule has 0 radical (unpaired) electrons. The summed E-state index contributed by atoms with van der Waals surface area (Å²) in [5.74, 6) is 0. The van der Waals surface area contributed by atoms with Gasteiger partial charge in [-0.2, -0.15) is 0 Å². The third-order valence-electron chi connectivity index (χ3n) is 0.463. The second-order valence-electron chi connectivity index (χ2n) is 1.12. The molecule has 0 amide bonds. The second-order valence-corrected chi connectivity index (χ2v) is 4.02. The van der Waals surface area contributed by atoms with Gasteiger partial charge in [-0.05, 0) is 0 Å². The van der Waals surface area contributed by atoms with Gasteiger partial charge in [0.25, 0.3) is 0 Å². The van der Waals surface area contributed by atoms with Gasteiger partial charge in [-0.15, -0.1) is 6.32 Å². The molecular weight excluding hydrogens is 141 g/mol. The standard InChI is InChI=1S/C2H5BCl3/c1-2-3(4,5)6/h2H2,1H3/q-1. The van der Waals surface area contributed by atoms with Crippen molar-refractivity contribution in [3.63, 3.8) is 0 Å². The summed E-state index contributed by atoms with van der Waals surface area (Å²) in [4.78, 5) is 0. The maximum absolute atomic E-state index is 5.31. The predicted octanol–water partition coefficient (Wildman–Crippen LogP) is 2.66. The van der Waals surface area contributed by atoms with E-state index in [2.05, 4.69) is 0 Å². The van der Waals surface area contributed by atoms with Crippen LogP contribution < -0.4 is 0 Å². The summed E-state index contributed by atoms with van der Waals surface area (Å²) < 4.78 is -1.57. The maximum atomic E-state index is 5.31. The van der Waals surface area contributed by atoms with Crippen molar-refractivity contribution >= 4 is 38.8 Å². The molecule has 0 aliphatic rings. The highest BCUT2D eigenvalue weighted by molar-refractivity contribution is 7.64. The van der Waals surface area contributed by atoms with E-state index in [4.69, 9.17) is 34.4 Å². The topological polar surface area (TPSA) is 0 Å². The molecule has 0 aromatic heterocycles. The van der Waals surface area contributed by atoms with Gasteiger partial charge in [-0.1, -0.05) is 6.92 Å². The van der Waals surface area contributed by atoms with Gasteiger partial charge in [0.15, 0.2) is 0 Å². The van der Waals surface area contributed by atoms with Crippen molar-refractivity contribution in [1.82, 2.24) is 0 Å². The van der Waals surface area contributed by atoms with E-state index in [1.807, 2.05) is 6.92 Å². The van der Waals surface area contributed by atoms with Crippen molar-refractivity contribution < 1.29 is 0 Å². The van der Waals surface area contributed by atoms with E-state index in [-0.39, 0.29) is 0 Å². The number of hydrogen-bond acceptors (Lipinski definition) is 0. The predicted molar refractivity (Wildman–Crippen MR) is 33.8 cm³/mol. The summed E-state index contributed by atoms with van der Waals surface area (Å²) in [5, 5.41) is 0. The van der Waals surface area contributed by atoms with Crippen LogP contribution in [0.15, 0.2) is 0 Å². The summed E-state index contributed by atoms with van der Waals surface area (Å²) >= 11 is 15.9. The average molecular weight is 146 g/mol. The molecule has 0 unspecified atom stereocenters. The molecule has 0 aliphatic heterocycles. The Hall–Kier alpha value is 0.935. The summed E-state index contributed by atoms with van der Waals surface area (Å²) in [6, 6.07) is 0. The minimum absolute atomic E-state index is 0.630. The lowest BCUT2D eigenvalue weighted by Gasteiger charge is -2.12. The summed E-state index contributed by atoms with van der Waals surface area (Å²) in [5.41, 5.74) is 0. The van der Waals surface area contributed by atoms with Crippen LogP contribution in [0, 0.1) is 0 Å².